The summed E-state index contributed by atoms with van der Waals surface area (Å²) >= 11 is 3.12. The van der Waals surface area contributed by atoms with Gasteiger partial charge in [0.25, 0.3) is 0 Å². The predicted molar refractivity (Wildman–Crippen MR) is 72.0 cm³/mol. The van der Waals surface area contributed by atoms with Gasteiger partial charge >= 0.3 is 0 Å². The van der Waals surface area contributed by atoms with Crippen molar-refractivity contribution in [3.8, 4) is 0 Å². The van der Waals surface area contributed by atoms with Crippen LogP contribution in [0.5, 0.6) is 0 Å². The highest BCUT2D eigenvalue weighted by Crippen LogP contribution is 2.22. The maximum absolute atomic E-state index is 5.71. The molecule has 2 aromatic rings. The second-order valence-corrected chi connectivity index (χ2v) is 5.04. The number of nitrogens with zero attached hydrogens (tertiary/aromatic N) is 3. The molecule has 4 nitrogen and oxygen atoms in total. The molecule has 6 heteroatoms. The van der Waals surface area contributed by atoms with Gasteiger partial charge in [0.1, 0.15) is 10.8 Å². The van der Waals surface area contributed by atoms with Crippen molar-refractivity contribution in [2.45, 2.75) is 15.9 Å². The molecule has 0 radical (unpaired) electrons. The minimum absolute atomic E-state index is 0.512. The van der Waals surface area contributed by atoms with E-state index in [1.807, 2.05) is 24.6 Å². The molecule has 0 fully saturated rings. The van der Waals surface area contributed by atoms with Gasteiger partial charge in [0.2, 0.25) is 0 Å². The second-order valence-electron chi connectivity index (χ2n) is 3.27. The summed E-state index contributed by atoms with van der Waals surface area (Å²) in [5.74, 6) is 1.31. The van der Waals surface area contributed by atoms with E-state index in [1.54, 1.807) is 35.8 Å². The van der Waals surface area contributed by atoms with Gasteiger partial charge < -0.3 is 5.73 Å². The van der Waals surface area contributed by atoms with Gasteiger partial charge in [0.15, 0.2) is 5.16 Å². The average Bonchev–Trinajstić information content (AvgIpc) is 2.37. The molecule has 0 saturated heterocycles. The van der Waals surface area contributed by atoms with Crippen LogP contribution < -0.4 is 5.73 Å². The van der Waals surface area contributed by atoms with E-state index in [1.165, 1.54) is 0 Å². The van der Waals surface area contributed by atoms with Crippen molar-refractivity contribution >= 4 is 29.3 Å². The van der Waals surface area contributed by atoms with E-state index in [4.69, 9.17) is 5.73 Å². The highest BCUT2D eigenvalue weighted by Gasteiger charge is 2.03. The van der Waals surface area contributed by atoms with E-state index < -0.39 is 0 Å². The summed E-state index contributed by atoms with van der Waals surface area (Å²) in [7, 11) is 0. The van der Waals surface area contributed by atoms with Gasteiger partial charge in [-0.15, -0.1) is 11.8 Å². The first-order valence-electron chi connectivity index (χ1n) is 4.98. The summed E-state index contributed by atoms with van der Waals surface area (Å²) in [5, 5.41) is 1.60. The molecule has 0 spiro atoms. The van der Waals surface area contributed by atoms with Crippen molar-refractivity contribution < 1.29 is 0 Å². The van der Waals surface area contributed by atoms with Crippen LogP contribution in [0.4, 0.5) is 5.82 Å². The second kappa shape index (κ2) is 5.88. The van der Waals surface area contributed by atoms with Crippen LogP contribution >= 0.6 is 23.5 Å². The molecule has 2 N–H and O–H groups in total. The zero-order valence-electron chi connectivity index (χ0n) is 9.33. The largest absolute Gasteiger partial charge is 0.384 e. The number of rotatable bonds is 4. The Hall–Kier alpha value is -1.27. The van der Waals surface area contributed by atoms with E-state index in [0.717, 1.165) is 16.3 Å². The molecule has 0 bridgehead atoms. The van der Waals surface area contributed by atoms with Crippen LogP contribution in [-0.4, -0.2) is 21.2 Å². The van der Waals surface area contributed by atoms with Crippen LogP contribution in [0.1, 0.15) is 5.56 Å². The molecule has 88 valence electrons. The molecule has 0 atom stereocenters. The summed E-state index contributed by atoms with van der Waals surface area (Å²) in [6, 6.07) is 5.73. The lowest BCUT2D eigenvalue weighted by Crippen LogP contribution is -1.96. The van der Waals surface area contributed by atoms with Gasteiger partial charge in [-0.1, -0.05) is 17.8 Å². The number of anilines is 1. The van der Waals surface area contributed by atoms with Gasteiger partial charge in [-0.05, 0) is 17.9 Å². The number of nitrogens with two attached hydrogens (primary N) is 1. The Bertz CT molecular complexity index is 490. The van der Waals surface area contributed by atoms with Crippen LogP contribution in [0.3, 0.4) is 0 Å². The Kier molecular flexibility index (Phi) is 4.22. The minimum atomic E-state index is 0.512. The third kappa shape index (κ3) is 3.61. The number of nitrogen functional groups attached to an aromatic ring is 1. The molecule has 2 heterocycles. The Morgan fingerprint density at radius 3 is 2.94 bits per heavy atom. The first-order valence-corrected chi connectivity index (χ1v) is 7.19. The molecular formula is C11H12N4S2. The third-order valence-electron chi connectivity index (χ3n) is 2.00. The highest BCUT2D eigenvalue weighted by atomic mass is 32.2. The van der Waals surface area contributed by atoms with Gasteiger partial charge in [-0.3, -0.25) is 4.98 Å². The van der Waals surface area contributed by atoms with Crippen molar-refractivity contribution in [1.82, 2.24) is 15.0 Å². The Balaban J connectivity index is 2.06. The maximum Gasteiger partial charge on any atom is 0.190 e. The lowest BCUT2D eigenvalue weighted by molar-refractivity contribution is 0.900. The molecular weight excluding hydrogens is 252 g/mol. The smallest absolute Gasteiger partial charge is 0.190 e. The SMILES string of the molecule is CSc1cc(N)nc(SCc2cccnc2)n1. The van der Waals surface area contributed by atoms with Gasteiger partial charge in [-0.25, -0.2) is 9.97 Å². The highest BCUT2D eigenvalue weighted by molar-refractivity contribution is 7.99. The first-order chi connectivity index (χ1) is 8.28. The lowest BCUT2D eigenvalue weighted by Gasteiger charge is -2.03. The van der Waals surface area contributed by atoms with E-state index in [9.17, 15) is 0 Å². The number of hydrogen-bond donors (Lipinski definition) is 1. The van der Waals surface area contributed by atoms with Crippen molar-refractivity contribution in [2.24, 2.45) is 0 Å². The van der Waals surface area contributed by atoms with E-state index >= 15 is 0 Å². The zero-order chi connectivity index (χ0) is 12.1. The van der Waals surface area contributed by atoms with Gasteiger partial charge in [0, 0.05) is 24.2 Å². The van der Waals surface area contributed by atoms with Crippen LogP contribution in [0.15, 0.2) is 40.8 Å². The standard InChI is InChI=1S/C11H12N4S2/c1-16-10-5-9(12)14-11(15-10)17-7-8-3-2-4-13-6-8/h2-6H,7H2,1H3,(H2,12,14,15). The summed E-state index contributed by atoms with van der Waals surface area (Å²) in [6.45, 7) is 0. The maximum atomic E-state index is 5.71. The van der Waals surface area contributed by atoms with Crippen LogP contribution in [0.2, 0.25) is 0 Å². The molecule has 17 heavy (non-hydrogen) atoms. The number of hydrogen-bond acceptors (Lipinski definition) is 6. The van der Waals surface area contributed by atoms with Crippen molar-refractivity contribution in [3.63, 3.8) is 0 Å². The Morgan fingerprint density at radius 1 is 1.35 bits per heavy atom. The molecule has 0 aromatic carbocycles. The molecule has 0 aliphatic heterocycles. The average molecular weight is 264 g/mol. The molecule has 0 aliphatic rings. The molecule has 2 rings (SSSR count). The van der Waals surface area contributed by atoms with Crippen molar-refractivity contribution in [2.75, 3.05) is 12.0 Å². The van der Waals surface area contributed by atoms with Gasteiger partial charge in [0.05, 0.1) is 0 Å². The molecule has 0 saturated carbocycles. The number of aromatic nitrogens is 3. The Morgan fingerprint density at radius 2 is 2.24 bits per heavy atom. The summed E-state index contributed by atoms with van der Waals surface area (Å²) in [6.07, 6.45) is 5.57. The van der Waals surface area contributed by atoms with Crippen molar-refractivity contribution in [1.29, 1.82) is 0 Å². The van der Waals surface area contributed by atoms with Crippen LogP contribution in [0, 0.1) is 0 Å². The van der Waals surface area contributed by atoms with Crippen LogP contribution in [-0.2, 0) is 5.75 Å². The fraction of sp³-hybridized carbons (Fsp3) is 0.182. The minimum Gasteiger partial charge on any atom is -0.384 e. The predicted octanol–water partition coefficient (Wildman–Crippen LogP) is 2.47. The fourth-order valence-corrected chi connectivity index (χ4v) is 2.49. The fourth-order valence-electron chi connectivity index (χ4n) is 1.22. The van der Waals surface area contributed by atoms with E-state index in [-0.39, 0.29) is 0 Å². The number of thioether (sulfide) groups is 2. The zero-order valence-corrected chi connectivity index (χ0v) is 11.0. The normalized spacial score (nSPS) is 10.4. The van der Waals surface area contributed by atoms with Crippen LogP contribution in [0.25, 0.3) is 0 Å². The topological polar surface area (TPSA) is 64.7 Å². The first kappa shape index (κ1) is 12.2. The number of pyridine rings is 1. The molecule has 2 aromatic heterocycles. The van der Waals surface area contributed by atoms with Gasteiger partial charge in [-0.2, -0.15) is 0 Å². The van der Waals surface area contributed by atoms with E-state index in [2.05, 4.69) is 15.0 Å². The van der Waals surface area contributed by atoms with E-state index in [0.29, 0.717) is 11.0 Å². The molecule has 0 aliphatic carbocycles. The molecule has 0 amide bonds. The summed E-state index contributed by atoms with van der Waals surface area (Å²) in [4.78, 5) is 12.6. The third-order valence-corrected chi connectivity index (χ3v) is 3.55. The van der Waals surface area contributed by atoms with Crippen molar-refractivity contribution in [3.05, 3.63) is 36.2 Å². The quantitative estimate of drug-likeness (QED) is 0.520. The lowest BCUT2D eigenvalue weighted by atomic mass is 10.3. The molecule has 0 unspecified atom stereocenters. The monoisotopic (exact) mass is 264 g/mol. The summed E-state index contributed by atoms with van der Waals surface area (Å²) in [5.41, 5.74) is 6.86. The summed E-state index contributed by atoms with van der Waals surface area (Å²) < 4.78 is 0. The Labute approximate surface area is 108 Å².